The van der Waals surface area contributed by atoms with Crippen LogP contribution in [-0.4, -0.2) is 93.1 Å². The van der Waals surface area contributed by atoms with E-state index in [2.05, 4.69) is 4.74 Å². The molecule has 112 valence electrons. The predicted molar refractivity (Wildman–Crippen MR) is 56.6 cm³/mol. The number of hydrogen-bond donors (Lipinski definition) is 6. The fourth-order valence-electron chi connectivity index (χ4n) is 2.01. The molecule has 0 aliphatic carbocycles. The highest BCUT2D eigenvalue weighted by atomic mass is 16.7. The zero-order valence-electron chi connectivity index (χ0n) is 9.94. The summed E-state index contributed by atoms with van der Waals surface area (Å²) in [5, 5.41) is 57.0. The van der Waals surface area contributed by atoms with Crippen LogP contribution in [0.3, 0.4) is 0 Å². The zero-order valence-corrected chi connectivity index (χ0v) is 9.94. The highest BCUT2D eigenvalue weighted by molar-refractivity contribution is 4.87. The van der Waals surface area contributed by atoms with Gasteiger partial charge in [-0.15, -0.1) is 0 Å². The molecule has 6 N–H and O–H groups in total. The van der Waals surface area contributed by atoms with Crippen molar-refractivity contribution >= 4 is 0 Å². The van der Waals surface area contributed by atoms with Crippen LogP contribution >= 0.6 is 0 Å². The Balaban J connectivity index is 1.99. The second kappa shape index (κ2) is 5.95. The molecule has 0 amide bonds. The number of aliphatic hydroxyl groups excluding tert-OH is 6. The highest BCUT2D eigenvalue weighted by Crippen LogP contribution is 2.23. The first-order valence-corrected chi connectivity index (χ1v) is 5.89. The number of hydrogen-bond acceptors (Lipinski definition) is 9. The summed E-state index contributed by atoms with van der Waals surface area (Å²) >= 11 is 0. The summed E-state index contributed by atoms with van der Waals surface area (Å²) in [6.45, 7) is -0.516. The van der Waals surface area contributed by atoms with Crippen LogP contribution in [-0.2, 0) is 14.2 Å². The van der Waals surface area contributed by atoms with Gasteiger partial charge < -0.3 is 44.8 Å². The van der Waals surface area contributed by atoms with Gasteiger partial charge in [-0.1, -0.05) is 0 Å². The lowest BCUT2D eigenvalue weighted by molar-refractivity contribution is -0.329. The van der Waals surface area contributed by atoms with E-state index in [1.165, 1.54) is 0 Å². The molecule has 0 bridgehead atoms. The van der Waals surface area contributed by atoms with Gasteiger partial charge >= 0.3 is 0 Å². The first kappa shape index (κ1) is 15.0. The minimum atomic E-state index is -1.54. The van der Waals surface area contributed by atoms with Gasteiger partial charge in [0.1, 0.15) is 36.6 Å². The van der Waals surface area contributed by atoms with Crippen LogP contribution in [0.2, 0.25) is 0 Å². The van der Waals surface area contributed by atoms with Crippen molar-refractivity contribution in [1.82, 2.24) is 0 Å². The molecule has 2 rings (SSSR count). The van der Waals surface area contributed by atoms with Crippen LogP contribution in [0.25, 0.3) is 0 Å². The van der Waals surface area contributed by atoms with Crippen LogP contribution in [0.5, 0.6) is 0 Å². The zero-order chi connectivity index (χ0) is 14.2. The quantitative estimate of drug-likeness (QED) is 0.297. The Morgan fingerprint density at radius 3 is 2.05 bits per heavy atom. The van der Waals surface area contributed by atoms with Crippen molar-refractivity contribution in [3.05, 3.63) is 0 Å². The second-order valence-electron chi connectivity index (χ2n) is 4.63. The van der Waals surface area contributed by atoms with Gasteiger partial charge in [-0.05, 0) is 0 Å². The third-order valence-electron chi connectivity index (χ3n) is 3.19. The average molecular weight is 282 g/mol. The smallest absolute Gasteiger partial charge is 0.186 e. The fourth-order valence-corrected chi connectivity index (χ4v) is 2.01. The Kier molecular flexibility index (Phi) is 4.71. The molecule has 9 heteroatoms. The molecule has 0 unspecified atom stereocenters. The lowest BCUT2D eigenvalue weighted by Gasteiger charge is -2.41. The maximum Gasteiger partial charge on any atom is 0.186 e. The van der Waals surface area contributed by atoms with Crippen LogP contribution in [0, 0.1) is 0 Å². The van der Waals surface area contributed by atoms with E-state index < -0.39 is 49.2 Å². The molecule has 0 aromatic carbocycles. The Morgan fingerprint density at radius 1 is 0.737 bits per heavy atom. The summed E-state index contributed by atoms with van der Waals surface area (Å²) in [6.07, 6.45) is -11.1. The Hall–Kier alpha value is -0.360. The van der Waals surface area contributed by atoms with Crippen molar-refractivity contribution in [2.24, 2.45) is 0 Å². The lowest BCUT2D eigenvalue weighted by atomic mass is 10.0. The average Bonchev–Trinajstić information content (AvgIpc) is 2.39. The molecule has 2 saturated heterocycles. The highest BCUT2D eigenvalue weighted by Gasteiger charge is 2.45. The third kappa shape index (κ3) is 3.05. The van der Waals surface area contributed by atoms with E-state index in [1.807, 2.05) is 0 Å². The molecule has 0 spiro atoms. The molecule has 2 aliphatic heterocycles. The largest absolute Gasteiger partial charge is 0.388 e. The van der Waals surface area contributed by atoms with E-state index in [4.69, 9.17) is 9.47 Å². The van der Waals surface area contributed by atoms with E-state index in [9.17, 15) is 30.6 Å². The summed E-state index contributed by atoms with van der Waals surface area (Å²) in [6, 6.07) is 0. The number of rotatable bonds is 2. The summed E-state index contributed by atoms with van der Waals surface area (Å²) in [5.41, 5.74) is 0. The van der Waals surface area contributed by atoms with Crippen molar-refractivity contribution < 1.29 is 44.8 Å². The lowest BCUT2D eigenvalue weighted by Crippen LogP contribution is -2.60. The summed E-state index contributed by atoms with van der Waals surface area (Å²) < 4.78 is 14.8. The van der Waals surface area contributed by atoms with Gasteiger partial charge in [-0.3, -0.25) is 0 Å². The van der Waals surface area contributed by atoms with Crippen molar-refractivity contribution in [1.29, 1.82) is 0 Å². The van der Waals surface area contributed by atoms with Crippen LogP contribution in [0.1, 0.15) is 0 Å². The molecule has 0 aromatic heterocycles. The van der Waals surface area contributed by atoms with Crippen LogP contribution in [0.15, 0.2) is 0 Å². The fraction of sp³-hybridized carbons (Fsp3) is 1.00. The van der Waals surface area contributed by atoms with E-state index in [1.54, 1.807) is 0 Å². The van der Waals surface area contributed by atoms with E-state index in [0.717, 1.165) is 0 Å². The summed E-state index contributed by atoms with van der Waals surface area (Å²) in [7, 11) is 0. The Bertz CT molecular complexity index is 301. The molecule has 0 aromatic rings. The maximum absolute atomic E-state index is 9.66. The van der Waals surface area contributed by atoms with Crippen LogP contribution in [0.4, 0.5) is 0 Å². The molecular formula is C10H18O9. The van der Waals surface area contributed by atoms with Gasteiger partial charge in [0.2, 0.25) is 0 Å². The molecule has 2 heterocycles. The molecular weight excluding hydrogens is 264 g/mol. The van der Waals surface area contributed by atoms with Crippen LogP contribution < -0.4 is 0 Å². The number of ether oxygens (including phenoxy) is 3. The monoisotopic (exact) mass is 282 g/mol. The van der Waals surface area contributed by atoms with Gasteiger partial charge in [0.25, 0.3) is 0 Å². The first-order chi connectivity index (χ1) is 8.91. The maximum atomic E-state index is 9.66. The van der Waals surface area contributed by atoms with Gasteiger partial charge in [-0.2, -0.15) is 0 Å². The summed E-state index contributed by atoms with van der Waals surface area (Å²) in [5.74, 6) is 0. The minimum Gasteiger partial charge on any atom is -0.388 e. The van der Waals surface area contributed by atoms with Gasteiger partial charge in [0.15, 0.2) is 12.6 Å². The molecule has 2 aliphatic rings. The molecule has 9 nitrogen and oxygen atoms in total. The second-order valence-corrected chi connectivity index (χ2v) is 4.63. The first-order valence-electron chi connectivity index (χ1n) is 5.89. The Morgan fingerprint density at radius 2 is 1.37 bits per heavy atom. The molecule has 8 atom stereocenters. The normalized spacial score (nSPS) is 52.1. The van der Waals surface area contributed by atoms with Crippen molar-refractivity contribution in [2.45, 2.75) is 49.2 Å². The SMILES string of the molecule is O[C@@H]1[C@@H](O)[C@H](O[C@@H]2[C@@H](O)[C@H](O)OC[C@@H]2O)OC[C@H]1O. The minimum absolute atomic E-state index is 0.253. The predicted octanol–water partition coefficient (Wildman–Crippen LogP) is -4.12. The molecule has 0 saturated carbocycles. The third-order valence-corrected chi connectivity index (χ3v) is 3.19. The standard InChI is InChI=1S/C10H18O9/c11-3-1-18-10(6(14)5(3)13)19-8-4(12)2-17-9(16)7(8)15/h3-16H,1-2H2/t3-,4+,5+,6-,7-,8+,9-,10+/m1/s1. The molecule has 19 heavy (non-hydrogen) atoms. The molecule has 0 radical (unpaired) electrons. The van der Waals surface area contributed by atoms with E-state index in [-0.39, 0.29) is 13.2 Å². The van der Waals surface area contributed by atoms with Crippen molar-refractivity contribution in [2.75, 3.05) is 13.2 Å². The number of aliphatic hydroxyl groups is 6. The van der Waals surface area contributed by atoms with Gasteiger partial charge in [0.05, 0.1) is 13.2 Å². The Labute approximate surface area is 108 Å². The molecule has 2 fully saturated rings. The van der Waals surface area contributed by atoms with Gasteiger partial charge in [-0.25, -0.2) is 0 Å². The van der Waals surface area contributed by atoms with Gasteiger partial charge in [0, 0.05) is 0 Å². The van der Waals surface area contributed by atoms with E-state index >= 15 is 0 Å². The topological polar surface area (TPSA) is 149 Å². The van der Waals surface area contributed by atoms with Crippen molar-refractivity contribution in [3.63, 3.8) is 0 Å². The van der Waals surface area contributed by atoms with E-state index in [0.29, 0.717) is 0 Å². The summed E-state index contributed by atoms with van der Waals surface area (Å²) in [4.78, 5) is 0. The van der Waals surface area contributed by atoms with Crippen molar-refractivity contribution in [3.8, 4) is 0 Å².